The van der Waals surface area contributed by atoms with Gasteiger partial charge in [-0.2, -0.15) is 0 Å². The van der Waals surface area contributed by atoms with Crippen molar-refractivity contribution >= 4 is 32.9 Å². The van der Waals surface area contributed by atoms with Crippen molar-refractivity contribution in [3.05, 3.63) is 10.0 Å². The minimum atomic E-state index is 0.882. The van der Waals surface area contributed by atoms with Gasteiger partial charge in [0.05, 0.1) is 0 Å². The summed E-state index contributed by atoms with van der Waals surface area (Å²) in [7, 11) is 3.72. The van der Waals surface area contributed by atoms with Gasteiger partial charge in [0.15, 0.2) is 0 Å². The molecule has 18 heavy (non-hydrogen) atoms. The first-order valence-corrected chi connectivity index (χ1v) is 7.45. The minimum Gasteiger partial charge on any atom is -0.363 e. The van der Waals surface area contributed by atoms with E-state index >= 15 is 0 Å². The summed E-state index contributed by atoms with van der Waals surface area (Å²) in [6.07, 6.45) is 4.17. The van der Waals surface area contributed by atoms with E-state index in [0.717, 1.165) is 46.0 Å². The number of nitrogens with one attached hydrogen (secondary N) is 2. The Morgan fingerprint density at radius 2 is 1.22 bits per heavy atom. The number of unbranched alkanes of at least 4 members (excludes halogenated alkanes) is 1. The third kappa shape index (κ3) is 3.61. The van der Waals surface area contributed by atoms with Crippen molar-refractivity contribution in [2.75, 3.05) is 24.7 Å². The van der Waals surface area contributed by atoms with Gasteiger partial charge in [-0.3, -0.25) is 0 Å². The smallest absolute Gasteiger partial charge is 0.205 e. The van der Waals surface area contributed by atoms with E-state index < -0.39 is 0 Å². The Morgan fingerprint density at radius 1 is 0.778 bits per heavy atom. The Morgan fingerprint density at radius 3 is 1.56 bits per heavy atom. The van der Waals surface area contributed by atoms with E-state index in [0.29, 0.717) is 0 Å². The molecule has 0 saturated carbocycles. The van der Waals surface area contributed by atoms with E-state index in [4.69, 9.17) is 0 Å². The van der Waals surface area contributed by atoms with Crippen LogP contribution in [-0.2, 0) is 12.8 Å². The molecule has 2 N–H and O–H groups in total. The average Bonchev–Trinajstić information content (AvgIpc) is 3.03. The summed E-state index contributed by atoms with van der Waals surface area (Å²) in [6.45, 7) is 0. The van der Waals surface area contributed by atoms with E-state index in [2.05, 4.69) is 31.0 Å². The van der Waals surface area contributed by atoms with E-state index in [1.807, 2.05) is 14.1 Å². The second-order valence-electron chi connectivity index (χ2n) is 3.71. The Balaban J connectivity index is 1.69. The summed E-state index contributed by atoms with van der Waals surface area (Å²) in [4.78, 5) is 0. The fraction of sp³-hybridized carbons (Fsp3) is 0.600. The number of aromatic nitrogens is 4. The maximum Gasteiger partial charge on any atom is 0.205 e. The monoisotopic (exact) mass is 284 g/mol. The molecule has 0 aliphatic carbocycles. The number of aryl methyl sites for hydroxylation is 2. The molecule has 0 bridgehead atoms. The van der Waals surface area contributed by atoms with E-state index in [-0.39, 0.29) is 0 Å². The van der Waals surface area contributed by atoms with Gasteiger partial charge in [-0.05, 0) is 12.8 Å². The molecular weight excluding hydrogens is 268 g/mol. The predicted octanol–water partition coefficient (Wildman–Crippen LogP) is 2.04. The highest BCUT2D eigenvalue weighted by Crippen LogP contribution is 2.19. The zero-order valence-electron chi connectivity index (χ0n) is 10.4. The van der Waals surface area contributed by atoms with Gasteiger partial charge in [-0.1, -0.05) is 22.7 Å². The molecule has 0 spiro atoms. The molecule has 2 heterocycles. The third-order valence-corrected chi connectivity index (χ3v) is 4.39. The Hall–Kier alpha value is -1.28. The second kappa shape index (κ2) is 6.60. The summed E-state index contributed by atoms with van der Waals surface area (Å²) in [6, 6.07) is 0. The fourth-order valence-electron chi connectivity index (χ4n) is 1.46. The highest BCUT2D eigenvalue weighted by atomic mass is 32.1. The lowest BCUT2D eigenvalue weighted by Crippen LogP contribution is -1.88. The molecule has 0 unspecified atom stereocenters. The molecule has 8 heteroatoms. The Kier molecular flexibility index (Phi) is 4.82. The first-order valence-electron chi connectivity index (χ1n) is 5.82. The van der Waals surface area contributed by atoms with Gasteiger partial charge in [0.1, 0.15) is 10.0 Å². The van der Waals surface area contributed by atoms with Crippen molar-refractivity contribution in [1.29, 1.82) is 0 Å². The molecular formula is C10H16N6S2. The van der Waals surface area contributed by atoms with Crippen molar-refractivity contribution < 1.29 is 0 Å². The maximum absolute atomic E-state index is 4.12. The van der Waals surface area contributed by atoms with Crippen LogP contribution in [0, 0.1) is 0 Å². The number of rotatable bonds is 7. The van der Waals surface area contributed by atoms with Crippen molar-refractivity contribution in [2.24, 2.45) is 0 Å². The summed E-state index contributed by atoms with van der Waals surface area (Å²) >= 11 is 3.24. The van der Waals surface area contributed by atoms with Crippen LogP contribution in [0.15, 0.2) is 0 Å². The molecule has 0 fully saturated rings. The second-order valence-corrected chi connectivity index (χ2v) is 5.83. The largest absolute Gasteiger partial charge is 0.363 e. The zero-order valence-corrected chi connectivity index (χ0v) is 12.1. The molecule has 0 amide bonds. The SMILES string of the molecule is CNc1nnc(CCCCc2nnc(NC)s2)s1. The van der Waals surface area contributed by atoms with Crippen LogP contribution in [0.5, 0.6) is 0 Å². The van der Waals surface area contributed by atoms with Crippen LogP contribution in [0.3, 0.4) is 0 Å². The lowest BCUT2D eigenvalue weighted by atomic mass is 10.2. The van der Waals surface area contributed by atoms with Crippen molar-refractivity contribution in [2.45, 2.75) is 25.7 Å². The molecule has 0 aliphatic rings. The molecule has 2 rings (SSSR count). The number of nitrogens with zero attached hydrogens (tertiary/aromatic N) is 4. The average molecular weight is 284 g/mol. The molecule has 0 aliphatic heterocycles. The standard InChI is InChI=1S/C10H16N6S2/c1-11-9-15-13-7(17-9)5-3-4-6-8-14-16-10(12-2)18-8/h3-6H2,1-2H3,(H,11,15)(H,12,16). The first-order chi connectivity index (χ1) is 8.81. The molecule has 2 aromatic heterocycles. The minimum absolute atomic E-state index is 0.882. The van der Waals surface area contributed by atoms with Crippen LogP contribution >= 0.6 is 22.7 Å². The highest BCUT2D eigenvalue weighted by Gasteiger charge is 2.04. The van der Waals surface area contributed by atoms with Gasteiger partial charge in [-0.15, -0.1) is 20.4 Å². The van der Waals surface area contributed by atoms with Crippen LogP contribution in [-0.4, -0.2) is 34.5 Å². The van der Waals surface area contributed by atoms with Crippen LogP contribution in [0.1, 0.15) is 22.9 Å². The lowest BCUT2D eigenvalue weighted by molar-refractivity contribution is 0.718. The fourth-order valence-corrected chi connectivity index (χ4v) is 2.93. The molecule has 98 valence electrons. The third-order valence-electron chi connectivity index (χ3n) is 2.39. The molecule has 0 saturated heterocycles. The molecule has 2 aromatic rings. The number of hydrogen-bond acceptors (Lipinski definition) is 8. The van der Waals surface area contributed by atoms with Gasteiger partial charge >= 0.3 is 0 Å². The molecule has 6 nitrogen and oxygen atoms in total. The quantitative estimate of drug-likeness (QED) is 0.758. The Labute approximate surface area is 114 Å². The van der Waals surface area contributed by atoms with Crippen molar-refractivity contribution in [1.82, 2.24) is 20.4 Å². The van der Waals surface area contributed by atoms with E-state index in [1.54, 1.807) is 22.7 Å². The molecule has 0 atom stereocenters. The molecule has 0 aromatic carbocycles. The normalized spacial score (nSPS) is 10.6. The molecule has 0 radical (unpaired) electrons. The van der Waals surface area contributed by atoms with E-state index in [9.17, 15) is 0 Å². The van der Waals surface area contributed by atoms with Gasteiger partial charge in [0, 0.05) is 26.9 Å². The van der Waals surface area contributed by atoms with Gasteiger partial charge < -0.3 is 10.6 Å². The van der Waals surface area contributed by atoms with Crippen molar-refractivity contribution in [3.63, 3.8) is 0 Å². The van der Waals surface area contributed by atoms with Gasteiger partial charge in [-0.25, -0.2) is 0 Å². The van der Waals surface area contributed by atoms with Crippen LogP contribution in [0.25, 0.3) is 0 Å². The maximum atomic E-state index is 4.12. The predicted molar refractivity (Wildman–Crippen MR) is 75.6 cm³/mol. The number of hydrogen-bond donors (Lipinski definition) is 2. The zero-order chi connectivity index (χ0) is 12.8. The Bertz CT molecular complexity index is 436. The van der Waals surface area contributed by atoms with Crippen LogP contribution in [0.2, 0.25) is 0 Å². The van der Waals surface area contributed by atoms with Crippen LogP contribution in [0.4, 0.5) is 10.3 Å². The summed E-state index contributed by atoms with van der Waals surface area (Å²) in [5.74, 6) is 0. The van der Waals surface area contributed by atoms with Crippen LogP contribution < -0.4 is 10.6 Å². The first kappa shape index (κ1) is 13.2. The summed E-state index contributed by atoms with van der Waals surface area (Å²) in [5.41, 5.74) is 0. The topological polar surface area (TPSA) is 75.6 Å². The lowest BCUT2D eigenvalue weighted by Gasteiger charge is -1.95. The summed E-state index contributed by atoms with van der Waals surface area (Å²) in [5, 5.41) is 26.2. The van der Waals surface area contributed by atoms with E-state index in [1.165, 1.54) is 0 Å². The van der Waals surface area contributed by atoms with Gasteiger partial charge in [0.2, 0.25) is 10.3 Å². The van der Waals surface area contributed by atoms with Crippen molar-refractivity contribution in [3.8, 4) is 0 Å². The number of anilines is 2. The summed E-state index contributed by atoms with van der Waals surface area (Å²) < 4.78 is 0. The highest BCUT2D eigenvalue weighted by molar-refractivity contribution is 7.15. The van der Waals surface area contributed by atoms with Gasteiger partial charge in [0.25, 0.3) is 0 Å².